The molecule has 1 N–H and O–H groups in total. The maximum atomic E-state index is 14.8. The van der Waals surface area contributed by atoms with Gasteiger partial charge in [0, 0.05) is 49.3 Å². The molecule has 1 aliphatic rings. The van der Waals surface area contributed by atoms with Crippen LogP contribution in [0.3, 0.4) is 0 Å². The Bertz CT molecular complexity index is 1310. The topological polar surface area (TPSA) is 52.2 Å². The minimum Gasteiger partial charge on any atom is -0.361 e. The summed E-state index contributed by atoms with van der Waals surface area (Å²) in [5.74, 6) is 0.0932. The molecule has 5 nitrogen and oxygen atoms in total. The molecule has 0 radical (unpaired) electrons. The number of fused-ring (bicyclic) bond motifs is 1. The lowest BCUT2D eigenvalue weighted by Gasteiger charge is -2.22. The van der Waals surface area contributed by atoms with Crippen molar-refractivity contribution in [3.63, 3.8) is 0 Å². The Balaban J connectivity index is 1.47. The summed E-state index contributed by atoms with van der Waals surface area (Å²) in [7, 11) is 1.94. The van der Waals surface area contributed by atoms with Crippen molar-refractivity contribution in [2.45, 2.75) is 26.2 Å². The number of hydrogen-bond donors (Lipinski definition) is 1. The zero-order valence-electron chi connectivity index (χ0n) is 19.6. The number of rotatable bonds is 9. The number of hydrogen-bond acceptors (Lipinski definition) is 4. The highest BCUT2D eigenvalue weighted by atomic mass is 32.1. The molecule has 0 spiro atoms. The van der Waals surface area contributed by atoms with Gasteiger partial charge in [0.05, 0.1) is 4.88 Å². The average Bonchev–Trinajstić information content (AvgIpc) is 3.42. The number of carbonyl (C=O) groups is 1. The van der Waals surface area contributed by atoms with Crippen LogP contribution in [0.4, 0.5) is 9.52 Å². The first-order chi connectivity index (χ1) is 16.5. The van der Waals surface area contributed by atoms with Gasteiger partial charge in [-0.2, -0.15) is 0 Å². The molecule has 2 heterocycles. The van der Waals surface area contributed by atoms with Crippen molar-refractivity contribution < 1.29 is 9.18 Å². The zero-order valence-corrected chi connectivity index (χ0v) is 20.4. The second-order valence-corrected chi connectivity index (χ2v) is 9.95. The fraction of sp³-hybridized carbons (Fsp3) is 0.333. The van der Waals surface area contributed by atoms with E-state index in [1.54, 1.807) is 18.2 Å². The van der Waals surface area contributed by atoms with Gasteiger partial charge >= 0.3 is 0 Å². The summed E-state index contributed by atoms with van der Waals surface area (Å²) in [6, 6.07) is 14.9. The van der Waals surface area contributed by atoms with E-state index in [9.17, 15) is 9.18 Å². The fourth-order valence-corrected chi connectivity index (χ4v) is 5.32. The molecular weight excluding hydrogens is 447 g/mol. The Labute approximate surface area is 203 Å². The van der Waals surface area contributed by atoms with Crippen LogP contribution < -0.4 is 4.90 Å². The van der Waals surface area contributed by atoms with E-state index >= 15 is 0 Å². The number of carbonyl (C=O) groups excluding carboxylic acids is 1. The molecule has 2 aromatic carbocycles. The first-order valence-corrected chi connectivity index (χ1v) is 12.7. The lowest BCUT2D eigenvalue weighted by Crippen LogP contribution is -2.35. The van der Waals surface area contributed by atoms with Crippen molar-refractivity contribution in [1.29, 1.82) is 0 Å². The molecule has 0 atom stereocenters. The number of para-hydroxylation sites is 1. The number of anilines is 1. The monoisotopic (exact) mass is 476 g/mol. The normalized spacial score (nSPS) is 13.4. The highest BCUT2D eigenvalue weighted by molar-refractivity contribution is 7.19. The Morgan fingerprint density at radius 3 is 2.71 bits per heavy atom. The highest BCUT2D eigenvalue weighted by Gasteiger charge is 2.31. The predicted molar refractivity (Wildman–Crippen MR) is 137 cm³/mol. The van der Waals surface area contributed by atoms with Crippen LogP contribution in [0.2, 0.25) is 0 Å². The first-order valence-electron chi connectivity index (χ1n) is 11.9. The third-order valence-corrected chi connectivity index (χ3v) is 7.73. The van der Waals surface area contributed by atoms with E-state index in [0.717, 1.165) is 36.5 Å². The van der Waals surface area contributed by atoms with Gasteiger partial charge < -0.3 is 14.8 Å². The van der Waals surface area contributed by atoms with Crippen molar-refractivity contribution in [1.82, 2.24) is 14.9 Å². The maximum Gasteiger partial charge on any atom is 0.274 e. The van der Waals surface area contributed by atoms with E-state index in [4.69, 9.17) is 4.98 Å². The largest absolute Gasteiger partial charge is 0.361 e. The molecular formula is C27H29FN4OS. The van der Waals surface area contributed by atoms with Crippen molar-refractivity contribution in [3.8, 4) is 10.4 Å². The smallest absolute Gasteiger partial charge is 0.274 e. The van der Waals surface area contributed by atoms with E-state index in [2.05, 4.69) is 17.1 Å². The van der Waals surface area contributed by atoms with Gasteiger partial charge in [0.2, 0.25) is 0 Å². The predicted octanol–water partition coefficient (Wildman–Crippen LogP) is 5.98. The Morgan fingerprint density at radius 2 is 1.94 bits per heavy atom. The van der Waals surface area contributed by atoms with Gasteiger partial charge in [0.25, 0.3) is 5.91 Å². The molecule has 176 valence electrons. The fourth-order valence-electron chi connectivity index (χ4n) is 4.21. The molecule has 34 heavy (non-hydrogen) atoms. The van der Waals surface area contributed by atoms with Crippen molar-refractivity contribution in [2.24, 2.45) is 5.92 Å². The minimum absolute atomic E-state index is 0.114. The van der Waals surface area contributed by atoms with Gasteiger partial charge in [0.15, 0.2) is 5.13 Å². The van der Waals surface area contributed by atoms with Gasteiger partial charge in [-0.1, -0.05) is 47.7 Å². The number of thiazole rings is 1. The van der Waals surface area contributed by atoms with Crippen LogP contribution in [0.1, 0.15) is 35.8 Å². The van der Waals surface area contributed by atoms with Gasteiger partial charge in [-0.3, -0.25) is 4.79 Å². The van der Waals surface area contributed by atoms with Crippen LogP contribution in [0.15, 0.2) is 54.7 Å². The van der Waals surface area contributed by atoms with Gasteiger partial charge in [-0.15, -0.1) is 0 Å². The summed E-state index contributed by atoms with van der Waals surface area (Å²) in [5, 5.41) is 1.92. The van der Waals surface area contributed by atoms with Crippen molar-refractivity contribution in [2.75, 3.05) is 31.6 Å². The first kappa shape index (κ1) is 22.6. The number of nitrogens with zero attached hydrogens (tertiary/aromatic N) is 3. The second kappa shape index (κ2) is 9.58. The number of benzene rings is 2. The summed E-state index contributed by atoms with van der Waals surface area (Å²) < 4.78 is 14.8. The maximum absolute atomic E-state index is 14.8. The van der Waals surface area contributed by atoms with Gasteiger partial charge in [0.1, 0.15) is 11.5 Å². The summed E-state index contributed by atoms with van der Waals surface area (Å²) in [6.45, 7) is 4.11. The lowest BCUT2D eigenvalue weighted by atomic mass is 10.1. The SMILES string of the molecule is CCN(C)c1nc(C(=O)N(CCc2c[nH]c3ccccc23)CC2CC2)c(-c2ccccc2F)s1. The Kier molecular flexibility index (Phi) is 6.37. The van der Waals surface area contributed by atoms with Crippen LogP contribution >= 0.6 is 11.3 Å². The van der Waals surface area contributed by atoms with Crippen LogP contribution in [-0.2, 0) is 6.42 Å². The summed E-state index contributed by atoms with van der Waals surface area (Å²) in [5.41, 5.74) is 3.08. The van der Waals surface area contributed by atoms with Gasteiger partial charge in [-0.25, -0.2) is 9.37 Å². The molecule has 1 fully saturated rings. The zero-order chi connectivity index (χ0) is 23.7. The Hall–Kier alpha value is -3.19. The third-order valence-electron chi connectivity index (χ3n) is 6.53. The van der Waals surface area contributed by atoms with Crippen molar-refractivity contribution in [3.05, 3.63) is 71.8 Å². The number of aromatic nitrogens is 2. The summed E-state index contributed by atoms with van der Waals surface area (Å²) in [6.07, 6.45) is 5.09. The highest BCUT2D eigenvalue weighted by Crippen LogP contribution is 2.37. The van der Waals surface area contributed by atoms with E-state index in [-0.39, 0.29) is 11.7 Å². The third kappa shape index (κ3) is 4.57. The molecule has 2 aromatic heterocycles. The second-order valence-electron chi connectivity index (χ2n) is 8.97. The van der Waals surface area contributed by atoms with E-state index in [1.807, 2.05) is 42.1 Å². The quantitative estimate of drug-likeness (QED) is 0.323. The molecule has 4 aromatic rings. The van der Waals surface area contributed by atoms with Crippen LogP contribution in [0.25, 0.3) is 21.3 Å². The molecule has 0 bridgehead atoms. The lowest BCUT2D eigenvalue weighted by molar-refractivity contribution is 0.0745. The van der Waals surface area contributed by atoms with Crippen LogP contribution in [0, 0.1) is 11.7 Å². The number of aromatic amines is 1. The molecule has 0 unspecified atom stereocenters. The van der Waals surface area contributed by atoms with E-state index in [0.29, 0.717) is 35.1 Å². The van der Waals surface area contributed by atoms with Gasteiger partial charge in [-0.05, 0) is 49.8 Å². The number of halogens is 1. The molecule has 1 aliphatic carbocycles. The molecule has 7 heteroatoms. The molecule has 0 aliphatic heterocycles. The average molecular weight is 477 g/mol. The van der Waals surface area contributed by atoms with E-state index < -0.39 is 0 Å². The van der Waals surface area contributed by atoms with Crippen LogP contribution in [-0.4, -0.2) is 47.5 Å². The molecule has 0 saturated heterocycles. The summed E-state index contributed by atoms with van der Waals surface area (Å²) >= 11 is 1.38. The number of nitrogens with one attached hydrogen (secondary N) is 1. The standard InChI is InChI=1S/C27H29FN4OS/c1-3-31(2)27-30-24(25(34-27)21-9-4-6-10-22(21)28)26(33)32(17-18-12-13-18)15-14-19-16-29-23-11-7-5-8-20(19)23/h4-11,16,18,29H,3,12-15,17H2,1-2H3. The number of H-pyrrole nitrogens is 1. The summed E-state index contributed by atoms with van der Waals surface area (Å²) in [4.78, 5) is 26.4. The van der Waals surface area contributed by atoms with E-state index in [1.165, 1.54) is 28.4 Å². The minimum atomic E-state index is -0.335. The molecule has 1 amide bonds. The number of amides is 1. The van der Waals surface area contributed by atoms with Crippen LogP contribution in [0.5, 0.6) is 0 Å². The van der Waals surface area contributed by atoms with Crippen molar-refractivity contribution >= 4 is 33.3 Å². The molecule has 5 rings (SSSR count). The Morgan fingerprint density at radius 1 is 1.18 bits per heavy atom. The molecule has 1 saturated carbocycles.